The highest BCUT2D eigenvalue weighted by Crippen LogP contribution is 2.27. The maximum absolute atomic E-state index is 11.2. The Kier molecular flexibility index (Phi) is 4.72. The smallest absolute Gasteiger partial charge is 0.340 e. The van der Waals surface area contributed by atoms with Crippen LogP contribution in [0.1, 0.15) is 18.6 Å². The van der Waals surface area contributed by atoms with Gasteiger partial charge in [-0.3, -0.25) is 10.1 Å². The van der Waals surface area contributed by atoms with Crippen LogP contribution in [-0.4, -0.2) is 15.7 Å². The molecule has 1 aromatic rings. The number of esters is 1. The highest BCUT2D eigenvalue weighted by Gasteiger charge is 2.23. The van der Waals surface area contributed by atoms with Gasteiger partial charge in [0, 0.05) is 6.07 Å². The number of nitro groups is 1. The molecule has 0 amide bonds. The van der Waals surface area contributed by atoms with Crippen LogP contribution in [0, 0.1) is 10.1 Å². The Balaban J connectivity index is 2.92. The van der Waals surface area contributed by atoms with E-state index in [2.05, 4.69) is 0 Å². The molecule has 1 rings (SSSR count). The molecule has 0 fully saturated rings. The number of nitro benzene ring substituents is 1. The number of carbonyl (C=O) groups excluding carboxylic acids is 1. The molecule has 0 saturated heterocycles. The minimum Gasteiger partial charge on any atom is -0.456 e. The van der Waals surface area contributed by atoms with Crippen LogP contribution in [0.5, 0.6) is 0 Å². The zero-order valence-corrected chi connectivity index (χ0v) is 10.3. The highest BCUT2D eigenvalue weighted by atomic mass is 35.5. The van der Waals surface area contributed by atoms with E-state index in [1.54, 1.807) is 6.07 Å². The molecule has 17 heavy (non-hydrogen) atoms. The van der Waals surface area contributed by atoms with Crippen LogP contribution in [-0.2, 0) is 9.53 Å². The van der Waals surface area contributed by atoms with Crippen molar-refractivity contribution in [1.29, 1.82) is 0 Å². The first-order chi connectivity index (χ1) is 7.93. The lowest BCUT2D eigenvalue weighted by Gasteiger charge is -2.13. The number of hydrogen-bond donors (Lipinski definition) is 0. The van der Waals surface area contributed by atoms with E-state index in [0.29, 0.717) is 5.56 Å². The van der Waals surface area contributed by atoms with E-state index in [9.17, 15) is 14.9 Å². The summed E-state index contributed by atoms with van der Waals surface area (Å²) in [5.74, 6) is -0.834. The number of carbonyl (C=O) groups is 1. The van der Waals surface area contributed by atoms with Gasteiger partial charge >= 0.3 is 5.97 Å². The van der Waals surface area contributed by atoms with E-state index in [4.69, 9.17) is 27.9 Å². The van der Waals surface area contributed by atoms with Crippen molar-refractivity contribution in [3.8, 4) is 0 Å². The number of para-hydroxylation sites is 1. The van der Waals surface area contributed by atoms with Crippen LogP contribution >= 0.6 is 23.2 Å². The molecule has 1 unspecified atom stereocenters. The van der Waals surface area contributed by atoms with Crippen LogP contribution in [0.25, 0.3) is 0 Å². The Labute approximate surface area is 107 Å². The molecule has 0 spiro atoms. The van der Waals surface area contributed by atoms with Crippen LogP contribution < -0.4 is 0 Å². The Morgan fingerprint density at radius 3 is 2.53 bits per heavy atom. The van der Waals surface area contributed by atoms with Gasteiger partial charge in [-0.2, -0.15) is 0 Å². The molecule has 0 bridgehead atoms. The van der Waals surface area contributed by atoms with E-state index >= 15 is 0 Å². The molecule has 0 N–H and O–H groups in total. The second-order valence-corrected chi connectivity index (χ2v) is 4.29. The van der Waals surface area contributed by atoms with Crippen molar-refractivity contribution in [1.82, 2.24) is 0 Å². The van der Waals surface area contributed by atoms with E-state index in [0.717, 1.165) is 0 Å². The van der Waals surface area contributed by atoms with E-state index in [1.165, 1.54) is 25.1 Å². The minimum atomic E-state index is -1.31. The zero-order valence-electron chi connectivity index (χ0n) is 8.80. The SMILES string of the molecule is CC(OC(=O)C(Cl)Cl)c1ccccc1[N+](=O)[O-]. The van der Waals surface area contributed by atoms with Gasteiger partial charge in [0.2, 0.25) is 4.84 Å². The number of halogens is 2. The average Bonchev–Trinajstić information content (AvgIpc) is 2.28. The largest absolute Gasteiger partial charge is 0.456 e. The Bertz CT molecular complexity index is 436. The van der Waals surface area contributed by atoms with E-state index < -0.39 is 21.8 Å². The summed E-state index contributed by atoms with van der Waals surface area (Å²) in [6.45, 7) is 1.51. The molecule has 92 valence electrons. The van der Waals surface area contributed by atoms with Crippen molar-refractivity contribution >= 4 is 34.9 Å². The molecule has 1 atom stereocenters. The molecule has 0 heterocycles. The average molecular weight is 278 g/mol. The molecule has 0 aliphatic carbocycles. The van der Waals surface area contributed by atoms with E-state index in [-0.39, 0.29) is 5.69 Å². The summed E-state index contributed by atoms with van der Waals surface area (Å²) in [6, 6.07) is 5.99. The fourth-order valence-corrected chi connectivity index (χ4v) is 1.39. The van der Waals surface area contributed by atoms with Crippen molar-refractivity contribution in [2.45, 2.75) is 17.9 Å². The normalized spacial score (nSPS) is 12.2. The maximum Gasteiger partial charge on any atom is 0.340 e. The predicted molar refractivity (Wildman–Crippen MR) is 63.1 cm³/mol. The Morgan fingerprint density at radius 2 is 2.00 bits per heavy atom. The first-order valence-electron chi connectivity index (χ1n) is 4.65. The third-order valence-electron chi connectivity index (χ3n) is 2.04. The van der Waals surface area contributed by atoms with Crippen LogP contribution in [0.2, 0.25) is 0 Å². The van der Waals surface area contributed by atoms with Gasteiger partial charge in [-0.25, -0.2) is 4.79 Å². The fraction of sp³-hybridized carbons (Fsp3) is 0.300. The monoisotopic (exact) mass is 277 g/mol. The summed E-state index contributed by atoms with van der Waals surface area (Å²) in [4.78, 5) is 20.1. The first kappa shape index (κ1) is 13.7. The lowest BCUT2D eigenvalue weighted by Crippen LogP contribution is -2.15. The predicted octanol–water partition coefficient (Wildman–Crippen LogP) is 3.00. The lowest BCUT2D eigenvalue weighted by molar-refractivity contribution is -0.386. The fourth-order valence-electron chi connectivity index (χ4n) is 1.29. The summed E-state index contributed by atoms with van der Waals surface area (Å²) in [6.07, 6.45) is -0.788. The van der Waals surface area contributed by atoms with Crippen molar-refractivity contribution < 1.29 is 14.5 Å². The lowest BCUT2D eigenvalue weighted by atomic mass is 10.1. The summed E-state index contributed by atoms with van der Waals surface area (Å²) >= 11 is 10.6. The number of rotatable bonds is 4. The van der Waals surface area contributed by atoms with Gasteiger partial charge in [0.05, 0.1) is 10.5 Å². The summed E-state index contributed by atoms with van der Waals surface area (Å²) in [5, 5.41) is 10.8. The van der Waals surface area contributed by atoms with Gasteiger partial charge in [0.1, 0.15) is 6.10 Å². The topological polar surface area (TPSA) is 69.4 Å². The second kappa shape index (κ2) is 5.84. The second-order valence-electron chi connectivity index (χ2n) is 3.20. The Hall–Kier alpha value is -1.33. The number of ether oxygens (including phenoxy) is 1. The van der Waals surface area contributed by atoms with Crippen molar-refractivity contribution in [3.63, 3.8) is 0 Å². The molecule has 0 aliphatic rings. The van der Waals surface area contributed by atoms with Gasteiger partial charge in [0.15, 0.2) is 0 Å². The van der Waals surface area contributed by atoms with Crippen molar-refractivity contribution in [3.05, 3.63) is 39.9 Å². The third-order valence-corrected chi connectivity index (χ3v) is 2.40. The quantitative estimate of drug-likeness (QED) is 0.367. The molecule has 0 aromatic heterocycles. The van der Waals surface area contributed by atoms with Gasteiger partial charge in [0.25, 0.3) is 5.69 Å². The molecule has 0 aliphatic heterocycles. The van der Waals surface area contributed by atoms with Crippen LogP contribution in [0.3, 0.4) is 0 Å². The molecule has 0 saturated carbocycles. The first-order valence-corrected chi connectivity index (χ1v) is 5.52. The van der Waals surface area contributed by atoms with Gasteiger partial charge < -0.3 is 4.74 Å². The number of benzene rings is 1. The van der Waals surface area contributed by atoms with Gasteiger partial charge in [-0.1, -0.05) is 35.3 Å². The molecule has 5 nitrogen and oxygen atoms in total. The number of hydrogen-bond acceptors (Lipinski definition) is 4. The molecule has 1 aromatic carbocycles. The van der Waals surface area contributed by atoms with Gasteiger partial charge in [-0.05, 0) is 13.0 Å². The maximum atomic E-state index is 11.2. The van der Waals surface area contributed by atoms with Crippen LogP contribution in [0.15, 0.2) is 24.3 Å². The standard InChI is InChI=1S/C10H9Cl2NO4/c1-6(17-10(14)9(11)12)7-4-2-3-5-8(7)13(15)16/h2-6,9H,1H3. The van der Waals surface area contributed by atoms with Crippen molar-refractivity contribution in [2.75, 3.05) is 0 Å². The highest BCUT2D eigenvalue weighted by molar-refractivity contribution is 6.52. The Morgan fingerprint density at radius 1 is 1.41 bits per heavy atom. The third kappa shape index (κ3) is 3.57. The number of nitrogens with zero attached hydrogens (tertiary/aromatic N) is 1. The minimum absolute atomic E-state index is 0.117. The molecule has 7 heteroatoms. The van der Waals surface area contributed by atoms with Gasteiger partial charge in [-0.15, -0.1) is 0 Å². The molecular weight excluding hydrogens is 269 g/mol. The molecular formula is C10H9Cl2NO4. The summed E-state index contributed by atoms with van der Waals surface area (Å²) < 4.78 is 4.88. The zero-order chi connectivity index (χ0) is 13.0. The van der Waals surface area contributed by atoms with Crippen LogP contribution in [0.4, 0.5) is 5.69 Å². The summed E-state index contributed by atoms with van der Waals surface area (Å²) in [7, 11) is 0. The molecule has 0 radical (unpaired) electrons. The number of alkyl halides is 2. The van der Waals surface area contributed by atoms with E-state index in [1.807, 2.05) is 0 Å². The van der Waals surface area contributed by atoms with Crippen molar-refractivity contribution in [2.24, 2.45) is 0 Å². The summed E-state index contributed by atoms with van der Waals surface area (Å²) in [5.41, 5.74) is 0.174.